The first-order chi connectivity index (χ1) is 11.4. The Labute approximate surface area is 139 Å². The number of anilines is 1. The van der Waals surface area contributed by atoms with Crippen LogP contribution in [0.15, 0.2) is 60.7 Å². The Balaban J connectivity index is 1.38. The van der Waals surface area contributed by atoms with E-state index in [0.29, 0.717) is 0 Å². The van der Waals surface area contributed by atoms with Crippen LogP contribution in [-0.4, -0.2) is 49.2 Å². The predicted molar refractivity (Wildman–Crippen MR) is 97.7 cm³/mol. The van der Waals surface area contributed by atoms with Gasteiger partial charge in [-0.2, -0.15) is 0 Å². The highest BCUT2D eigenvalue weighted by Gasteiger charge is 2.16. The van der Waals surface area contributed by atoms with Crippen LogP contribution in [0.1, 0.15) is 12.0 Å². The van der Waals surface area contributed by atoms with Gasteiger partial charge in [0.2, 0.25) is 0 Å². The van der Waals surface area contributed by atoms with Crippen molar-refractivity contribution in [2.45, 2.75) is 12.8 Å². The lowest BCUT2D eigenvalue weighted by Crippen LogP contribution is -2.46. The number of hydrogen-bond donors (Lipinski definition) is 1. The monoisotopic (exact) mass is 309 g/mol. The zero-order valence-electron chi connectivity index (χ0n) is 13.8. The van der Waals surface area contributed by atoms with Crippen molar-refractivity contribution < 1.29 is 0 Å². The zero-order chi connectivity index (χ0) is 15.7. The van der Waals surface area contributed by atoms with Crippen LogP contribution in [-0.2, 0) is 6.42 Å². The molecule has 0 aromatic heterocycles. The van der Waals surface area contributed by atoms with Crippen LogP contribution in [0.3, 0.4) is 0 Å². The van der Waals surface area contributed by atoms with E-state index in [4.69, 9.17) is 0 Å². The van der Waals surface area contributed by atoms with Gasteiger partial charge in [0, 0.05) is 38.4 Å². The molecular formula is C20H27N3. The van der Waals surface area contributed by atoms with E-state index in [-0.39, 0.29) is 0 Å². The van der Waals surface area contributed by atoms with Crippen molar-refractivity contribution in [3.05, 3.63) is 66.2 Å². The molecule has 0 unspecified atom stereocenters. The molecule has 1 N–H and O–H groups in total. The third-order valence-electron chi connectivity index (χ3n) is 4.44. The second-order valence-corrected chi connectivity index (χ2v) is 6.26. The third-order valence-corrected chi connectivity index (χ3v) is 4.44. The van der Waals surface area contributed by atoms with Crippen molar-refractivity contribution in [2.75, 3.05) is 44.7 Å². The van der Waals surface area contributed by atoms with Crippen molar-refractivity contribution >= 4 is 5.69 Å². The summed E-state index contributed by atoms with van der Waals surface area (Å²) in [5.41, 5.74) is 2.65. The predicted octanol–water partition coefficient (Wildman–Crippen LogP) is 3.31. The summed E-state index contributed by atoms with van der Waals surface area (Å²) in [6.07, 6.45) is 2.43. The molecule has 0 saturated carbocycles. The van der Waals surface area contributed by atoms with Gasteiger partial charge in [-0.3, -0.25) is 9.80 Å². The number of nitrogens with one attached hydrogen (secondary N) is 1. The number of benzene rings is 2. The Morgan fingerprint density at radius 3 is 2.17 bits per heavy atom. The summed E-state index contributed by atoms with van der Waals surface area (Å²) in [5, 5.41) is 3.50. The SMILES string of the molecule is c1ccc(CCN2CCCN(CCNc3ccccc3)C2)cc1. The van der Waals surface area contributed by atoms with Gasteiger partial charge in [-0.1, -0.05) is 48.5 Å². The van der Waals surface area contributed by atoms with Crippen LogP contribution in [0.5, 0.6) is 0 Å². The molecule has 0 amide bonds. The quantitative estimate of drug-likeness (QED) is 0.846. The van der Waals surface area contributed by atoms with E-state index in [9.17, 15) is 0 Å². The van der Waals surface area contributed by atoms with E-state index < -0.39 is 0 Å². The van der Waals surface area contributed by atoms with Crippen molar-refractivity contribution in [3.8, 4) is 0 Å². The summed E-state index contributed by atoms with van der Waals surface area (Å²) < 4.78 is 0. The summed E-state index contributed by atoms with van der Waals surface area (Å²) in [6, 6.07) is 21.3. The molecule has 1 aliphatic rings. The fraction of sp³-hybridized carbons (Fsp3) is 0.400. The smallest absolute Gasteiger partial charge is 0.0507 e. The van der Waals surface area contributed by atoms with Gasteiger partial charge in [0.25, 0.3) is 0 Å². The van der Waals surface area contributed by atoms with Crippen LogP contribution in [0, 0.1) is 0 Å². The molecule has 1 aliphatic heterocycles. The van der Waals surface area contributed by atoms with E-state index in [1.807, 2.05) is 0 Å². The Morgan fingerprint density at radius 2 is 1.43 bits per heavy atom. The highest BCUT2D eigenvalue weighted by atomic mass is 15.3. The van der Waals surface area contributed by atoms with Crippen molar-refractivity contribution in [1.29, 1.82) is 0 Å². The molecule has 1 saturated heterocycles. The zero-order valence-corrected chi connectivity index (χ0v) is 13.8. The van der Waals surface area contributed by atoms with E-state index in [1.165, 1.54) is 30.8 Å². The van der Waals surface area contributed by atoms with E-state index >= 15 is 0 Å². The van der Waals surface area contributed by atoms with Crippen LogP contribution in [0.2, 0.25) is 0 Å². The maximum absolute atomic E-state index is 3.50. The molecule has 23 heavy (non-hydrogen) atoms. The minimum Gasteiger partial charge on any atom is -0.384 e. The van der Waals surface area contributed by atoms with Crippen LogP contribution >= 0.6 is 0 Å². The molecule has 2 aromatic rings. The van der Waals surface area contributed by atoms with Crippen molar-refractivity contribution in [2.24, 2.45) is 0 Å². The normalized spacial score (nSPS) is 16.3. The van der Waals surface area contributed by atoms with Crippen LogP contribution in [0.4, 0.5) is 5.69 Å². The molecule has 2 aromatic carbocycles. The molecule has 1 fully saturated rings. The summed E-state index contributed by atoms with van der Waals surface area (Å²) in [4.78, 5) is 5.14. The number of hydrogen-bond acceptors (Lipinski definition) is 3. The first-order valence-electron chi connectivity index (χ1n) is 8.68. The maximum Gasteiger partial charge on any atom is 0.0507 e. The van der Waals surface area contributed by atoms with Gasteiger partial charge in [-0.15, -0.1) is 0 Å². The Morgan fingerprint density at radius 1 is 0.783 bits per heavy atom. The first-order valence-corrected chi connectivity index (χ1v) is 8.68. The molecule has 0 aliphatic carbocycles. The lowest BCUT2D eigenvalue weighted by molar-refractivity contribution is 0.0904. The second kappa shape index (κ2) is 8.70. The molecule has 0 atom stereocenters. The number of rotatable bonds is 7. The molecule has 3 heteroatoms. The molecule has 0 radical (unpaired) electrons. The molecule has 1 heterocycles. The van der Waals surface area contributed by atoms with E-state index in [2.05, 4.69) is 75.8 Å². The summed E-state index contributed by atoms with van der Waals surface area (Å²) in [5.74, 6) is 0. The van der Waals surface area contributed by atoms with E-state index in [0.717, 1.165) is 32.7 Å². The van der Waals surface area contributed by atoms with Gasteiger partial charge in [0.05, 0.1) is 6.67 Å². The molecule has 0 spiro atoms. The average Bonchev–Trinajstić information content (AvgIpc) is 2.62. The second-order valence-electron chi connectivity index (χ2n) is 6.26. The van der Waals surface area contributed by atoms with Gasteiger partial charge in [0.15, 0.2) is 0 Å². The van der Waals surface area contributed by atoms with Crippen LogP contribution in [0.25, 0.3) is 0 Å². The van der Waals surface area contributed by atoms with Gasteiger partial charge in [-0.25, -0.2) is 0 Å². The lowest BCUT2D eigenvalue weighted by Gasteiger charge is -2.35. The molecule has 3 nitrogen and oxygen atoms in total. The number of nitrogens with zero attached hydrogens (tertiary/aromatic N) is 2. The first kappa shape index (κ1) is 16.0. The molecular weight excluding hydrogens is 282 g/mol. The van der Waals surface area contributed by atoms with Crippen molar-refractivity contribution in [1.82, 2.24) is 9.80 Å². The summed E-state index contributed by atoms with van der Waals surface area (Å²) in [7, 11) is 0. The average molecular weight is 309 g/mol. The molecule has 122 valence electrons. The highest BCUT2D eigenvalue weighted by molar-refractivity contribution is 5.42. The van der Waals surface area contributed by atoms with Crippen molar-refractivity contribution in [3.63, 3.8) is 0 Å². The number of para-hydroxylation sites is 1. The molecule has 3 rings (SSSR count). The minimum absolute atomic E-state index is 1.01. The van der Waals surface area contributed by atoms with Crippen LogP contribution < -0.4 is 5.32 Å². The third kappa shape index (κ3) is 5.38. The highest BCUT2D eigenvalue weighted by Crippen LogP contribution is 2.09. The van der Waals surface area contributed by atoms with Gasteiger partial charge >= 0.3 is 0 Å². The Bertz CT molecular complexity index is 556. The van der Waals surface area contributed by atoms with Gasteiger partial charge in [-0.05, 0) is 30.5 Å². The topological polar surface area (TPSA) is 18.5 Å². The minimum atomic E-state index is 1.01. The Kier molecular flexibility index (Phi) is 6.07. The van der Waals surface area contributed by atoms with Gasteiger partial charge < -0.3 is 5.32 Å². The standard InChI is InChI=1S/C20H27N3/c1-3-8-19(9-4-1)12-16-22-14-7-15-23(18-22)17-13-21-20-10-5-2-6-11-20/h1-6,8-11,21H,7,12-18H2. The molecule has 0 bridgehead atoms. The Hall–Kier alpha value is -1.84. The summed E-state index contributed by atoms with van der Waals surface area (Å²) in [6.45, 7) is 6.83. The van der Waals surface area contributed by atoms with Gasteiger partial charge in [0.1, 0.15) is 0 Å². The maximum atomic E-state index is 3.50. The fourth-order valence-corrected chi connectivity index (χ4v) is 3.15. The summed E-state index contributed by atoms with van der Waals surface area (Å²) >= 11 is 0. The largest absolute Gasteiger partial charge is 0.384 e. The van der Waals surface area contributed by atoms with E-state index in [1.54, 1.807) is 0 Å². The lowest BCUT2D eigenvalue weighted by atomic mass is 10.1. The fourth-order valence-electron chi connectivity index (χ4n) is 3.15.